The highest BCUT2D eigenvalue weighted by Crippen LogP contribution is 2.40. The first-order chi connectivity index (χ1) is 15.4. The number of carbonyl (C=O) groups excluding carboxylic acids is 2. The van der Waals surface area contributed by atoms with Gasteiger partial charge in [0.25, 0.3) is 11.8 Å². The van der Waals surface area contributed by atoms with E-state index in [2.05, 4.69) is 19.8 Å². The van der Waals surface area contributed by atoms with E-state index in [1.165, 1.54) is 23.8 Å². The molecule has 0 aliphatic carbocycles. The number of nitrogens with zero attached hydrogens (tertiary/aromatic N) is 4. The van der Waals surface area contributed by atoms with Crippen molar-refractivity contribution in [2.24, 2.45) is 5.16 Å². The molecule has 1 aromatic heterocycles. The molecular weight excluding hydrogens is 460 g/mol. The number of nitrogens with two attached hydrogens (primary N) is 1. The number of anilines is 1. The maximum absolute atomic E-state index is 12.8. The Hall–Kier alpha value is -2.97. The molecule has 4 N–H and O–H groups in total. The molecule has 0 spiro atoms. The standard InChI is InChI=1S/C18H20N6O6S2/c1-29-22-10(13-21-18(19)32-23-13)14(25)20-11-15(26)24-12(17(27)28)8(7-31-16(11)24)4-5-9-3-2-6-30-9/h4-5,9,11,16H,2-3,6-7H2,1H3,(H,20,25)(H,27,28)(H2,19,21,23)/b5-4+,22-10-/t9?,11-,16-/m1/s1. The molecule has 14 heteroatoms. The highest BCUT2D eigenvalue weighted by Gasteiger charge is 2.54. The molecule has 0 saturated carbocycles. The summed E-state index contributed by atoms with van der Waals surface area (Å²) in [6, 6.07) is -0.927. The van der Waals surface area contributed by atoms with Gasteiger partial charge in [-0.15, -0.1) is 11.8 Å². The average Bonchev–Trinajstić information content (AvgIpc) is 3.45. The summed E-state index contributed by atoms with van der Waals surface area (Å²) in [6.45, 7) is 0.681. The number of carboxylic acid groups (broad SMARTS) is 1. The van der Waals surface area contributed by atoms with Crippen molar-refractivity contribution in [2.45, 2.75) is 30.4 Å². The van der Waals surface area contributed by atoms with Crippen molar-refractivity contribution >= 4 is 51.9 Å². The molecule has 4 rings (SSSR count). The number of β-lactam (4-membered cyclic amide) rings is 1. The Kier molecular flexibility index (Phi) is 6.43. The number of amides is 2. The molecule has 32 heavy (non-hydrogen) atoms. The summed E-state index contributed by atoms with van der Waals surface area (Å²) in [5.74, 6) is -2.12. The Morgan fingerprint density at radius 1 is 1.47 bits per heavy atom. The molecule has 3 atom stereocenters. The number of carboxylic acids is 1. The number of allylic oxidation sites excluding steroid dienone is 1. The third-order valence-corrected chi connectivity index (χ3v) is 6.86. The van der Waals surface area contributed by atoms with Crippen molar-refractivity contribution in [3.8, 4) is 0 Å². The molecule has 3 aliphatic heterocycles. The number of ether oxygens (including phenoxy) is 1. The lowest BCUT2D eigenvalue weighted by Gasteiger charge is -2.49. The van der Waals surface area contributed by atoms with Gasteiger partial charge in [0.15, 0.2) is 5.13 Å². The zero-order valence-electron chi connectivity index (χ0n) is 16.9. The number of thioether (sulfide) groups is 1. The summed E-state index contributed by atoms with van der Waals surface area (Å²) in [5.41, 5.74) is 5.77. The molecule has 12 nitrogen and oxygen atoms in total. The smallest absolute Gasteiger partial charge is 0.352 e. The third-order valence-electron chi connectivity index (χ3n) is 5.02. The molecule has 3 aliphatic rings. The van der Waals surface area contributed by atoms with Crippen LogP contribution in [0.3, 0.4) is 0 Å². The van der Waals surface area contributed by atoms with Crippen LogP contribution >= 0.6 is 23.3 Å². The van der Waals surface area contributed by atoms with Gasteiger partial charge >= 0.3 is 5.97 Å². The van der Waals surface area contributed by atoms with E-state index >= 15 is 0 Å². The number of carbonyl (C=O) groups is 3. The normalized spacial score (nSPS) is 25.7. The first-order valence-corrected chi connectivity index (χ1v) is 11.5. The number of aromatic nitrogens is 2. The largest absolute Gasteiger partial charge is 0.477 e. The second-order valence-corrected chi connectivity index (χ2v) is 8.92. The van der Waals surface area contributed by atoms with E-state index in [9.17, 15) is 19.5 Å². The minimum atomic E-state index is -1.20. The van der Waals surface area contributed by atoms with E-state index in [1.54, 1.807) is 6.08 Å². The molecule has 2 amide bonds. The van der Waals surface area contributed by atoms with Crippen molar-refractivity contribution in [2.75, 3.05) is 25.2 Å². The van der Waals surface area contributed by atoms with Crippen LogP contribution in [-0.2, 0) is 24.0 Å². The van der Waals surface area contributed by atoms with Gasteiger partial charge in [0.05, 0.1) is 6.10 Å². The number of nitrogens with one attached hydrogen (secondary N) is 1. The molecule has 170 valence electrons. The molecule has 0 aromatic carbocycles. The number of nitrogen functional groups attached to an aromatic ring is 1. The summed E-state index contributed by atoms with van der Waals surface area (Å²) in [4.78, 5) is 47.3. The van der Waals surface area contributed by atoms with Gasteiger partial charge in [-0.1, -0.05) is 17.3 Å². The first kappa shape index (κ1) is 22.2. The quantitative estimate of drug-likeness (QED) is 0.273. The molecule has 0 radical (unpaired) electrons. The van der Waals surface area contributed by atoms with Gasteiger partial charge in [-0.2, -0.15) is 9.36 Å². The zero-order valence-corrected chi connectivity index (χ0v) is 18.5. The second-order valence-electron chi connectivity index (χ2n) is 7.03. The fraction of sp³-hybridized carbons (Fsp3) is 0.444. The number of rotatable bonds is 7. The van der Waals surface area contributed by atoms with Gasteiger partial charge in [-0.05, 0) is 18.4 Å². The number of hydrogen-bond donors (Lipinski definition) is 3. The fourth-order valence-corrected chi connectivity index (χ4v) is 5.32. The van der Waals surface area contributed by atoms with Crippen LogP contribution < -0.4 is 11.1 Å². The summed E-state index contributed by atoms with van der Waals surface area (Å²) in [7, 11) is 1.26. The van der Waals surface area contributed by atoms with E-state index in [4.69, 9.17) is 15.3 Å². The lowest BCUT2D eigenvalue weighted by atomic mass is 10.0. The number of oxime groups is 1. The van der Waals surface area contributed by atoms with Gasteiger partial charge in [0.2, 0.25) is 11.5 Å². The summed E-state index contributed by atoms with van der Waals surface area (Å²) in [5, 5.41) is 15.5. The summed E-state index contributed by atoms with van der Waals surface area (Å²) < 4.78 is 9.47. The van der Waals surface area contributed by atoms with Crippen LogP contribution in [0.25, 0.3) is 0 Å². The molecule has 2 fully saturated rings. The van der Waals surface area contributed by atoms with Gasteiger partial charge in [0.1, 0.15) is 24.2 Å². The molecular formula is C18H20N6O6S2. The number of aliphatic carboxylic acids is 1. The molecule has 1 unspecified atom stereocenters. The monoisotopic (exact) mass is 480 g/mol. The van der Waals surface area contributed by atoms with Crippen LogP contribution in [0.1, 0.15) is 18.7 Å². The maximum Gasteiger partial charge on any atom is 0.352 e. The average molecular weight is 481 g/mol. The van der Waals surface area contributed by atoms with Crippen molar-refractivity contribution < 1.29 is 29.1 Å². The minimum absolute atomic E-state index is 0.0283. The van der Waals surface area contributed by atoms with Gasteiger partial charge < -0.3 is 25.7 Å². The lowest BCUT2D eigenvalue weighted by Crippen LogP contribution is -2.71. The van der Waals surface area contributed by atoms with Gasteiger partial charge in [-0.3, -0.25) is 14.5 Å². The van der Waals surface area contributed by atoms with Crippen molar-refractivity contribution in [1.82, 2.24) is 19.6 Å². The summed E-state index contributed by atoms with van der Waals surface area (Å²) >= 11 is 2.25. The predicted molar refractivity (Wildman–Crippen MR) is 116 cm³/mol. The lowest BCUT2D eigenvalue weighted by molar-refractivity contribution is -0.150. The number of hydrogen-bond acceptors (Lipinski definition) is 11. The van der Waals surface area contributed by atoms with Crippen molar-refractivity contribution in [3.05, 3.63) is 29.2 Å². The Bertz CT molecular complexity index is 1030. The predicted octanol–water partition coefficient (Wildman–Crippen LogP) is -0.0554. The zero-order chi connectivity index (χ0) is 22.8. The Morgan fingerprint density at radius 2 is 2.28 bits per heavy atom. The summed E-state index contributed by atoms with van der Waals surface area (Å²) in [6.07, 6.45) is 5.33. The highest BCUT2D eigenvalue weighted by molar-refractivity contribution is 8.00. The van der Waals surface area contributed by atoms with Crippen molar-refractivity contribution in [1.29, 1.82) is 0 Å². The number of fused-ring (bicyclic) bond motifs is 1. The SMILES string of the molecule is CO/N=C(\C(=O)N[C@@H]1C(=O)N2C(C(=O)O)=C(/C=C/C3CCCO3)CS[C@H]12)c1nsc(N)n1. The molecule has 0 bridgehead atoms. The van der Waals surface area contributed by atoms with Crippen LogP contribution in [-0.4, -0.2) is 79.8 Å². The molecule has 2 saturated heterocycles. The second kappa shape index (κ2) is 9.26. The van der Waals surface area contributed by atoms with Crippen LogP contribution in [0, 0.1) is 0 Å². The third kappa shape index (κ3) is 4.20. The van der Waals surface area contributed by atoms with E-state index in [1.807, 2.05) is 6.08 Å². The van der Waals surface area contributed by atoms with E-state index in [0.717, 1.165) is 24.4 Å². The van der Waals surface area contributed by atoms with Crippen molar-refractivity contribution in [3.63, 3.8) is 0 Å². The molecule has 4 heterocycles. The van der Waals surface area contributed by atoms with E-state index in [-0.39, 0.29) is 28.5 Å². The first-order valence-electron chi connectivity index (χ1n) is 9.63. The van der Waals surface area contributed by atoms with Crippen LogP contribution in [0.4, 0.5) is 5.13 Å². The van der Waals surface area contributed by atoms with Gasteiger partial charge in [-0.25, -0.2) is 4.79 Å². The van der Waals surface area contributed by atoms with E-state index < -0.39 is 29.2 Å². The topological polar surface area (TPSA) is 169 Å². The van der Waals surface area contributed by atoms with Crippen LogP contribution in [0.2, 0.25) is 0 Å². The van der Waals surface area contributed by atoms with Crippen LogP contribution in [0.5, 0.6) is 0 Å². The maximum atomic E-state index is 12.8. The van der Waals surface area contributed by atoms with Gasteiger partial charge in [0, 0.05) is 23.9 Å². The van der Waals surface area contributed by atoms with Crippen LogP contribution in [0.15, 0.2) is 28.6 Å². The minimum Gasteiger partial charge on any atom is -0.477 e. The molecule has 1 aromatic rings. The Labute approximate surface area is 190 Å². The Morgan fingerprint density at radius 3 is 2.91 bits per heavy atom. The Balaban J connectivity index is 1.50. The van der Waals surface area contributed by atoms with E-state index in [0.29, 0.717) is 17.9 Å². The fourth-order valence-electron chi connectivity index (χ4n) is 3.56. The highest BCUT2D eigenvalue weighted by atomic mass is 32.2.